The fourth-order valence-corrected chi connectivity index (χ4v) is 2.65. The van der Waals surface area contributed by atoms with Gasteiger partial charge in [-0.1, -0.05) is 11.6 Å². The maximum atomic E-state index is 12.4. The van der Waals surface area contributed by atoms with Gasteiger partial charge in [0.05, 0.1) is 28.5 Å². The molecular weight excluding hydrogens is 318 g/mol. The number of fused-ring (bicyclic) bond motifs is 1. The van der Waals surface area contributed by atoms with Crippen LogP contribution in [-0.2, 0) is 16.1 Å². The summed E-state index contributed by atoms with van der Waals surface area (Å²) in [5.41, 5.74) is 2.47. The van der Waals surface area contributed by atoms with Gasteiger partial charge in [-0.25, -0.2) is 0 Å². The molecule has 3 rings (SSSR count). The van der Waals surface area contributed by atoms with Gasteiger partial charge >= 0.3 is 0 Å². The summed E-state index contributed by atoms with van der Waals surface area (Å²) in [6.07, 6.45) is 1.66. The highest BCUT2D eigenvalue weighted by molar-refractivity contribution is 6.34. The number of amides is 2. The van der Waals surface area contributed by atoms with Gasteiger partial charge in [0.15, 0.2) is 0 Å². The third kappa shape index (κ3) is 3.04. The number of benzene rings is 1. The molecule has 2 amide bonds. The largest absolute Gasteiger partial charge is 0.375 e. The van der Waals surface area contributed by atoms with Gasteiger partial charge < -0.3 is 15.0 Å². The molecule has 1 aliphatic heterocycles. The van der Waals surface area contributed by atoms with Gasteiger partial charge in [0.25, 0.3) is 5.91 Å². The average molecular weight is 332 g/mol. The summed E-state index contributed by atoms with van der Waals surface area (Å²) in [6, 6.07) is 8.54. The van der Waals surface area contributed by atoms with Gasteiger partial charge in [0, 0.05) is 19.0 Å². The topological polar surface area (TPSA) is 71.5 Å². The minimum atomic E-state index is -0.295. The van der Waals surface area contributed by atoms with E-state index in [1.54, 1.807) is 41.4 Å². The Morgan fingerprint density at radius 3 is 2.96 bits per heavy atom. The number of ether oxygens (including phenoxy) is 1. The van der Waals surface area contributed by atoms with Gasteiger partial charge in [-0.3, -0.25) is 14.6 Å². The Hall–Kier alpha value is -2.44. The lowest BCUT2D eigenvalue weighted by atomic mass is 10.2. The Morgan fingerprint density at radius 1 is 1.43 bits per heavy atom. The van der Waals surface area contributed by atoms with Crippen molar-refractivity contribution >= 4 is 34.8 Å². The molecule has 2 aromatic rings. The Morgan fingerprint density at radius 2 is 2.26 bits per heavy atom. The van der Waals surface area contributed by atoms with Crippen molar-refractivity contribution < 1.29 is 14.3 Å². The number of methoxy groups -OCH3 is 1. The Balaban J connectivity index is 1.82. The van der Waals surface area contributed by atoms with Gasteiger partial charge in [-0.05, 0) is 30.3 Å². The van der Waals surface area contributed by atoms with E-state index in [0.29, 0.717) is 28.5 Å². The zero-order valence-electron chi connectivity index (χ0n) is 12.4. The van der Waals surface area contributed by atoms with E-state index < -0.39 is 0 Å². The molecule has 23 heavy (non-hydrogen) atoms. The van der Waals surface area contributed by atoms with Crippen molar-refractivity contribution in [2.24, 2.45) is 0 Å². The number of pyridine rings is 1. The van der Waals surface area contributed by atoms with E-state index in [2.05, 4.69) is 10.3 Å². The lowest BCUT2D eigenvalue weighted by molar-refractivity contribution is -0.119. The highest BCUT2D eigenvalue weighted by Gasteiger charge is 2.29. The normalized spacial score (nSPS) is 13.1. The van der Waals surface area contributed by atoms with Crippen LogP contribution in [0.2, 0.25) is 5.02 Å². The first kappa shape index (κ1) is 15.5. The first-order valence-corrected chi connectivity index (χ1v) is 7.32. The van der Waals surface area contributed by atoms with Crippen molar-refractivity contribution in [2.75, 3.05) is 23.9 Å². The minimum Gasteiger partial charge on any atom is -0.375 e. The van der Waals surface area contributed by atoms with Crippen molar-refractivity contribution in [3.8, 4) is 0 Å². The second kappa shape index (κ2) is 6.36. The van der Waals surface area contributed by atoms with Crippen LogP contribution in [0.1, 0.15) is 16.1 Å². The minimum absolute atomic E-state index is 0.0519. The summed E-state index contributed by atoms with van der Waals surface area (Å²) in [5.74, 6) is -0.406. The van der Waals surface area contributed by atoms with Crippen LogP contribution >= 0.6 is 11.6 Å². The van der Waals surface area contributed by atoms with Crippen LogP contribution in [0.5, 0.6) is 0 Å². The number of nitrogens with zero attached hydrogens (tertiary/aromatic N) is 2. The summed E-state index contributed by atoms with van der Waals surface area (Å²) in [7, 11) is 1.44. The molecule has 0 bridgehead atoms. The molecule has 0 fully saturated rings. The molecule has 0 saturated carbocycles. The molecule has 1 aromatic carbocycles. The molecule has 0 unspecified atom stereocenters. The van der Waals surface area contributed by atoms with Gasteiger partial charge in [-0.2, -0.15) is 0 Å². The molecule has 118 valence electrons. The molecular formula is C16H14ClN3O3. The lowest BCUT2D eigenvalue weighted by Gasteiger charge is -2.17. The third-order valence-corrected chi connectivity index (χ3v) is 3.80. The molecule has 0 saturated heterocycles. The van der Waals surface area contributed by atoms with Crippen LogP contribution in [0.25, 0.3) is 0 Å². The first-order chi connectivity index (χ1) is 11.1. The summed E-state index contributed by atoms with van der Waals surface area (Å²) in [6.45, 7) is 0.352. The van der Waals surface area contributed by atoms with E-state index in [9.17, 15) is 9.59 Å². The van der Waals surface area contributed by atoms with Crippen LogP contribution in [-0.4, -0.2) is 30.5 Å². The SMILES string of the molecule is COCC(=O)Nc1ccc(N2Cc3ncccc3C2=O)cc1Cl. The van der Waals surface area contributed by atoms with Crippen LogP contribution < -0.4 is 10.2 Å². The molecule has 0 aliphatic carbocycles. The number of carbonyl (C=O) groups is 2. The van der Waals surface area contributed by atoms with Crippen LogP contribution in [0.15, 0.2) is 36.5 Å². The molecule has 1 aliphatic rings. The number of nitrogens with one attached hydrogen (secondary N) is 1. The van der Waals surface area contributed by atoms with E-state index in [4.69, 9.17) is 16.3 Å². The first-order valence-electron chi connectivity index (χ1n) is 6.94. The third-order valence-electron chi connectivity index (χ3n) is 3.49. The van der Waals surface area contributed by atoms with Crippen molar-refractivity contribution in [2.45, 2.75) is 6.54 Å². The summed E-state index contributed by atoms with van der Waals surface area (Å²) < 4.78 is 4.76. The van der Waals surface area contributed by atoms with E-state index in [0.717, 1.165) is 5.69 Å². The van der Waals surface area contributed by atoms with Crippen LogP contribution in [0.4, 0.5) is 11.4 Å². The van der Waals surface area contributed by atoms with Crippen molar-refractivity contribution in [1.29, 1.82) is 0 Å². The second-order valence-electron chi connectivity index (χ2n) is 5.03. The van der Waals surface area contributed by atoms with Crippen molar-refractivity contribution in [3.63, 3.8) is 0 Å². The van der Waals surface area contributed by atoms with Gasteiger partial charge in [-0.15, -0.1) is 0 Å². The molecule has 0 radical (unpaired) electrons. The fourth-order valence-electron chi connectivity index (χ4n) is 2.42. The van der Waals surface area contributed by atoms with E-state index in [1.165, 1.54) is 7.11 Å². The molecule has 1 aromatic heterocycles. The number of hydrogen-bond donors (Lipinski definition) is 1. The number of hydrogen-bond acceptors (Lipinski definition) is 4. The number of aromatic nitrogens is 1. The summed E-state index contributed by atoms with van der Waals surface area (Å²) >= 11 is 6.20. The maximum Gasteiger partial charge on any atom is 0.260 e. The Bertz CT molecular complexity index is 779. The maximum absolute atomic E-state index is 12.4. The molecule has 0 spiro atoms. The number of rotatable bonds is 4. The standard InChI is InChI=1S/C16H14ClN3O3/c1-23-9-15(21)19-13-5-4-10(7-12(13)17)20-8-14-11(16(20)22)3-2-6-18-14/h2-7H,8-9H2,1H3,(H,19,21). The number of halogens is 1. The highest BCUT2D eigenvalue weighted by atomic mass is 35.5. The van der Waals surface area contributed by atoms with Crippen molar-refractivity contribution in [1.82, 2.24) is 4.98 Å². The predicted molar refractivity (Wildman–Crippen MR) is 86.7 cm³/mol. The Kier molecular flexibility index (Phi) is 4.27. The average Bonchev–Trinajstić information content (AvgIpc) is 2.87. The van der Waals surface area contributed by atoms with Crippen LogP contribution in [0, 0.1) is 0 Å². The van der Waals surface area contributed by atoms with Gasteiger partial charge in [0.2, 0.25) is 5.91 Å². The smallest absolute Gasteiger partial charge is 0.260 e. The predicted octanol–water partition coefficient (Wildman–Crippen LogP) is 2.48. The highest BCUT2D eigenvalue weighted by Crippen LogP contribution is 2.32. The van der Waals surface area contributed by atoms with E-state index >= 15 is 0 Å². The second-order valence-corrected chi connectivity index (χ2v) is 5.44. The quantitative estimate of drug-likeness (QED) is 0.934. The lowest BCUT2D eigenvalue weighted by Crippen LogP contribution is -2.23. The van der Waals surface area contributed by atoms with Crippen LogP contribution in [0.3, 0.4) is 0 Å². The fraction of sp³-hybridized carbons (Fsp3) is 0.188. The number of anilines is 2. The van der Waals surface area contributed by atoms with Gasteiger partial charge in [0.1, 0.15) is 6.61 Å². The Labute approximate surface area is 138 Å². The molecule has 6 nitrogen and oxygen atoms in total. The summed E-state index contributed by atoms with van der Waals surface area (Å²) in [4.78, 5) is 29.8. The zero-order chi connectivity index (χ0) is 16.4. The zero-order valence-corrected chi connectivity index (χ0v) is 13.1. The number of carbonyl (C=O) groups excluding carboxylic acids is 2. The molecule has 7 heteroatoms. The van der Waals surface area contributed by atoms with E-state index in [1.807, 2.05) is 0 Å². The monoisotopic (exact) mass is 331 g/mol. The van der Waals surface area contributed by atoms with E-state index in [-0.39, 0.29) is 18.4 Å². The molecule has 0 atom stereocenters. The summed E-state index contributed by atoms with van der Waals surface area (Å²) in [5, 5.41) is 3.00. The molecule has 1 N–H and O–H groups in total. The molecule has 2 heterocycles. The van der Waals surface area contributed by atoms with Crippen molar-refractivity contribution in [3.05, 3.63) is 52.8 Å².